The number of para-hydroxylation sites is 1. The first-order valence-corrected chi connectivity index (χ1v) is 27.7. The fourth-order valence-electron chi connectivity index (χ4n) is 11.0. The zero-order chi connectivity index (χ0) is 51.5. The minimum absolute atomic E-state index is 0.0222. The van der Waals surface area contributed by atoms with Gasteiger partial charge in [0.1, 0.15) is 16.7 Å². The van der Waals surface area contributed by atoms with E-state index in [0.29, 0.717) is 0 Å². The van der Waals surface area contributed by atoms with Crippen LogP contribution in [0.25, 0.3) is 95.7 Å². The van der Waals surface area contributed by atoms with Crippen molar-refractivity contribution in [1.82, 2.24) is 0 Å². The lowest BCUT2D eigenvalue weighted by Gasteiger charge is -2.27. The summed E-state index contributed by atoms with van der Waals surface area (Å²) in [5.74, 6) is 0. The first kappa shape index (κ1) is 46.1. The number of furan rings is 2. The Morgan fingerprint density at radius 3 is 1.41 bits per heavy atom. The molecule has 4 nitrogen and oxygen atoms in total. The maximum atomic E-state index is 7.07. The molecule has 0 radical (unpaired) electrons. The number of anilines is 6. The van der Waals surface area contributed by atoms with E-state index >= 15 is 0 Å². The van der Waals surface area contributed by atoms with E-state index < -0.39 is 0 Å². The third-order valence-corrected chi connectivity index (χ3v) is 17.5. The van der Waals surface area contributed by atoms with E-state index in [1.165, 1.54) is 52.2 Å². The molecule has 0 amide bonds. The molecule has 4 aromatic heterocycles. The summed E-state index contributed by atoms with van der Waals surface area (Å²) in [5, 5.41) is 8.91. The number of nitrogens with zero attached hydrogens (tertiary/aromatic N) is 2. The zero-order valence-electron chi connectivity index (χ0n) is 43.3. The molecule has 14 aromatic rings. The molecule has 0 aliphatic rings. The first-order valence-electron chi connectivity index (χ1n) is 26.1. The second-order valence-corrected chi connectivity index (χ2v) is 24.4. The predicted molar refractivity (Wildman–Crippen MR) is 327 cm³/mol. The summed E-state index contributed by atoms with van der Waals surface area (Å²) in [6.45, 7) is 13.6. The Labute approximate surface area is 450 Å². The maximum Gasteiger partial charge on any atom is 0.159 e. The minimum Gasteiger partial charge on any atom is -0.456 e. The van der Waals surface area contributed by atoms with Gasteiger partial charge in [-0.05, 0) is 170 Å². The highest BCUT2D eigenvalue weighted by Gasteiger charge is 2.24. The normalized spacial score (nSPS) is 12.3. The van der Waals surface area contributed by atoms with Gasteiger partial charge in [0.25, 0.3) is 0 Å². The van der Waals surface area contributed by atoms with Crippen LogP contribution in [0.4, 0.5) is 34.1 Å². The van der Waals surface area contributed by atoms with Crippen LogP contribution in [0.3, 0.4) is 0 Å². The van der Waals surface area contributed by atoms with Crippen molar-refractivity contribution >= 4 is 132 Å². The van der Waals surface area contributed by atoms with Crippen LogP contribution in [0.15, 0.2) is 227 Å². The van der Waals surface area contributed by atoms with Gasteiger partial charge in [0.2, 0.25) is 0 Å². The van der Waals surface area contributed by atoms with Crippen molar-refractivity contribution in [3.05, 3.63) is 230 Å². The number of fused-ring (bicyclic) bond motifs is 9. The molecule has 76 heavy (non-hydrogen) atoms. The lowest BCUT2D eigenvalue weighted by molar-refractivity contribution is 0.590. The standard InChI is InChI=1S/C70H54N2O2S2/c1-69(2,3)49-25-30-51(31-26-49)71(53-18-11-16-44(34-53)66-39-46-14-7-9-22-64(46)75-66)55-29-24-43-37-57-59-42-63-58(41-62(59)73-61(57)38-48(43)36-55)56-20-13-21-60(68(56)74-63)72(52-32-27-50(28-33-52)70(4,5)6)54-19-12-17-45(35-54)67-40-47-15-8-10-23-65(47)76-67/h7-42H,1-6H3. The Kier molecular flexibility index (Phi) is 10.7. The van der Waals surface area contributed by atoms with Crippen LogP contribution < -0.4 is 9.80 Å². The first-order chi connectivity index (χ1) is 36.9. The second kappa shape index (κ2) is 17.6. The molecule has 0 spiro atoms. The van der Waals surface area contributed by atoms with Gasteiger partial charge in [0, 0.05) is 69.1 Å². The molecule has 0 unspecified atom stereocenters. The number of benzene rings is 10. The van der Waals surface area contributed by atoms with Crippen LogP contribution >= 0.6 is 22.7 Å². The average Bonchev–Trinajstić information content (AvgIpc) is 4.27. The van der Waals surface area contributed by atoms with Crippen LogP contribution in [-0.4, -0.2) is 0 Å². The molecular formula is C70H54N2O2S2. The van der Waals surface area contributed by atoms with Crippen molar-refractivity contribution in [3.63, 3.8) is 0 Å². The summed E-state index contributed by atoms with van der Waals surface area (Å²) >= 11 is 3.67. The van der Waals surface area contributed by atoms with Gasteiger partial charge >= 0.3 is 0 Å². The predicted octanol–water partition coefficient (Wildman–Crippen LogP) is 21.9. The van der Waals surface area contributed by atoms with Crippen molar-refractivity contribution in [2.75, 3.05) is 9.80 Å². The fourth-order valence-corrected chi connectivity index (χ4v) is 13.2. The molecular weight excluding hydrogens is 965 g/mol. The van der Waals surface area contributed by atoms with Gasteiger partial charge in [0.05, 0.1) is 5.69 Å². The smallest absolute Gasteiger partial charge is 0.159 e. The van der Waals surface area contributed by atoms with Crippen LogP contribution in [0.1, 0.15) is 52.7 Å². The lowest BCUT2D eigenvalue weighted by atomic mass is 9.87. The summed E-state index contributed by atoms with van der Waals surface area (Å²) in [6, 6.07) is 79.9. The van der Waals surface area contributed by atoms with Crippen LogP contribution in [0, 0.1) is 0 Å². The summed E-state index contributed by atoms with van der Waals surface area (Å²) in [4.78, 5) is 7.22. The van der Waals surface area contributed by atoms with Crippen molar-refractivity contribution in [2.24, 2.45) is 0 Å². The molecule has 0 N–H and O–H groups in total. The monoisotopic (exact) mass is 1020 g/mol. The molecule has 6 heteroatoms. The molecule has 4 heterocycles. The van der Waals surface area contributed by atoms with Crippen molar-refractivity contribution in [2.45, 2.75) is 52.4 Å². The van der Waals surface area contributed by atoms with E-state index in [1.807, 2.05) is 22.7 Å². The van der Waals surface area contributed by atoms with Gasteiger partial charge in [-0.2, -0.15) is 0 Å². The molecule has 14 rings (SSSR count). The zero-order valence-corrected chi connectivity index (χ0v) is 44.9. The third kappa shape index (κ3) is 8.03. The summed E-state index contributed by atoms with van der Waals surface area (Å²) in [5.41, 5.74) is 14.7. The third-order valence-electron chi connectivity index (χ3n) is 15.1. The highest BCUT2D eigenvalue weighted by Crippen LogP contribution is 2.47. The number of thiophene rings is 2. The maximum absolute atomic E-state index is 7.07. The van der Waals surface area contributed by atoms with E-state index in [-0.39, 0.29) is 10.8 Å². The van der Waals surface area contributed by atoms with Gasteiger partial charge in [-0.25, -0.2) is 0 Å². The molecule has 0 atom stereocenters. The highest BCUT2D eigenvalue weighted by molar-refractivity contribution is 7.22. The Balaban J connectivity index is 0.869. The quantitative estimate of drug-likeness (QED) is 0.152. The lowest BCUT2D eigenvalue weighted by Crippen LogP contribution is -2.13. The Hall–Kier alpha value is -8.42. The summed E-state index contributed by atoms with van der Waals surface area (Å²) in [6.07, 6.45) is 0. The Morgan fingerprint density at radius 1 is 0.329 bits per heavy atom. The average molecular weight is 1020 g/mol. The van der Waals surface area contributed by atoms with Crippen LogP contribution in [-0.2, 0) is 10.8 Å². The number of hydrogen-bond donors (Lipinski definition) is 0. The second-order valence-electron chi connectivity index (χ2n) is 22.2. The van der Waals surface area contributed by atoms with E-state index in [9.17, 15) is 0 Å². The largest absolute Gasteiger partial charge is 0.456 e. The molecule has 0 saturated carbocycles. The SMILES string of the molecule is CC(C)(C)c1ccc(N(c2cccc(-c3cc4ccccc4s3)c2)c2ccc3cc4c(cc3c2)oc2cc3c(cc24)oc2c(N(c4ccc(C(C)(C)C)cc4)c4cccc(-c5cc6ccccc6s5)c4)cccc23)cc1. The summed E-state index contributed by atoms with van der Waals surface area (Å²) in [7, 11) is 0. The van der Waals surface area contributed by atoms with Crippen LogP contribution in [0.2, 0.25) is 0 Å². The highest BCUT2D eigenvalue weighted by atomic mass is 32.1. The van der Waals surface area contributed by atoms with Crippen LogP contribution in [0.5, 0.6) is 0 Å². The topological polar surface area (TPSA) is 32.8 Å². The minimum atomic E-state index is 0.0222. The van der Waals surface area contributed by atoms with E-state index in [0.717, 1.165) is 88.8 Å². The van der Waals surface area contributed by atoms with Crippen molar-refractivity contribution in [1.29, 1.82) is 0 Å². The summed E-state index contributed by atoms with van der Waals surface area (Å²) < 4.78 is 16.5. The van der Waals surface area contributed by atoms with Crippen molar-refractivity contribution < 1.29 is 8.83 Å². The van der Waals surface area contributed by atoms with Gasteiger partial charge in [-0.15, -0.1) is 22.7 Å². The van der Waals surface area contributed by atoms with Gasteiger partial charge in [-0.1, -0.05) is 145 Å². The van der Waals surface area contributed by atoms with Crippen molar-refractivity contribution in [3.8, 4) is 20.9 Å². The molecule has 368 valence electrons. The number of hydrogen-bond acceptors (Lipinski definition) is 6. The van der Waals surface area contributed by atoms with Gasteiger partial charge in [0.15, 0.2) is 5.58 Å². The van der Waals surface area contributed by atoms with Gasteiger partial charge < -0.3 is 18.6 Å². The van der Waals surface area contributed by atoms with E-state index in [4.69, 9.17) is 8.83 Å². The Bertz CT molecular complexity index is 4490. The van der Waals surface area contributed by atoms with Gasteiger partial charge in [-0.3, -0.25) is 0 Å². The number of rotatable bonds is 8. The molecule has 0 bridgehead atoms. The molecule has 0 fully saturated rings. The fraction of sp³-hybridized carbons (Fsp3) is 0.114. The molecule has 10 aromatic carbocycles. The Morgan fingerprint density at radius 2 is 0.816 bits per heavy atom. The molecule has 0 saturated heterocycles. The van der Waals surface area contributed by atoms with E-state index in [2.05, 4.69) is 270 Å². The molecule has 0 aliphatic heterocycles. The van der Waals surface area contributed by atoms with E-state index in [1.54, 1.807) is 0 Å². The molecule has 0 aliphatic carbocycles.